The first-order valence-electron chi connectivity index (χ1n) is 9.51. The van der Waals surface area contributed by atoms with Crippen LogP contribution in [0.25, 0.3) is 0 Å². The van der Waals surface area contributed by atoms with Crippen molar-refractivity contribution in [2.75, 3.05) is 20.1 Å². The molecule has 4 atom stereocenters. The number of aryl methyl sites for hydroxylation is 1. The van der Waals surface area contributed by atoms with E-state index in [-0.39, 0.29) is 23.3 Å². The van der Waals surface area contributed by atoms with Crippen LogP contribution >= 0.6 is 0 Å². The van der Waals surface area contributed by atoms with Crippen LogP contribution in [0.2, 0.25) is 0 Å². The zero-order valence-electron chi connectivity index (χ0n) is 16.7. The lowest BCUT2D eigenvalue weighted by molar-refractivity contribution is -0.143. The molecular formula is C20H28N4O3. The smallest absolute Gasteiger partial charge is 0.230 e. The molecule has 0 saturated carbocycles. The van der Waals surface area contributed by atoms with E-state index in [2.05, 4.69) is 31.0 Å². The number of nitrogens with one attached hydrogen (secondary N) is 1. The number of ether oxygens (including phenoxy) is 1. The highest BCUT2D eigenvalue weighted by Crippen LogP contribution is 2.52. The number of rotatable bonds is 4. The van der Waals surface area contributed by atoms with E-state index >= 15 is 0 Å². The van der Waals surface area contributed by atoms with Crippen molar-refractivity contribution in [2.45, 2.75) is 45.9 Å². The SMILES string of the molecule is Cc1cc(CN(C)C(=O)[C@H]2[C@@H]3C=C[C@@]4(CN(CC(C)(C)C)C(=O)[C@@H]24)O3)n[nH]1. The predicted octanol–water partition coefficient (Wildman–Crippen LogP) is 1.50. The average molecular weight is 372 g/mol. The Bertz CT molecular complexity index is 808. The van der Waals surface area contributed by atoms with E-state index in [0.29, 0.717) is 19.6 Å². The first-order valence-corrected chi connectivity index (χ1v) is 9.51. The van der Waals surface area contributed by atoms with Crippen LogP contribution in [-0.4, -0.2) is 63.7 Å². The summed E-state index contributed by atoms with van der Waals surface area (Å²) in [7, 11) is 1.76. The molecule has 4 heterocycles. The Labute approximate surface area is 159 Å². The fourth-order valence-corrected chi connectivity index (χ4v) is 4.70. The van der Waals surface area contributed by atoms with Crippen molar-refractivity contribution in [1.82, 2.24) is 20.0 Å². The first-order chi connectivity index (χ1) is 12.6. The van der Waals surface area contributed by atoms with Gasteiger partial charge in [0.1, 0.15) is 5.60 Å². The summed E-state index contributed by atoms with van der Waals surface area (Å²) in [5.41, 5.74) is 1.13. The van der Waals surface area contributed by atoms with Crippen molar-refractivity contribution in [1.29, 1.82) is 0 Å². The molecule has 0 aliphatic carbocycles. The summed E-state index contributed by atoms with van der Waals surface area (Å²) < 4.78 is 6.19. The Kier molecular flexibility index (Phi) is 4.00. The van der Waals surface area contributed by atoms with Crippen molar-refractivity contribution in [3.63, 3.8) is 0 Å². The fourth-order valence-electron chi connectivity index (χ4n) is 4.70. The van der Waals surface area contributed by atoms with Gasteiger partial charge in [0.2, 0.25) is 11.8 Å². The average Bonchev–Trinajstić information content (AvgIpc) is 3.28. The van der Waals surface area contributed by atoms with Gasteiger partial charge in [-0.25, -0.2) is 0 Å². The number of aromatic nitrogens is 2. The van der Waals surface area contributed by atoms with Crippen molar-refractivity contribution in [2.24, 2.45) is 17.3 Å². The monoisotopic (exact) mass is 372 g/mol. The lowest BCUT2D eigenvalue weighted by atomic mass is 9.76. The van der Waals surface area contributed by atoms with Gasteiger partial charge in [-0.15, -0.1) is 0 Å². The summed E-state index contributed by atoms with van der Waals surface area (Å²) in [5.74, 6) is -0.898. The fraction of sp³-hybridized carbons (Fsp3) is 0.650. The number of carbonyl (C=O) groups excluding carboxylic acids is 2. The second kappa shape index (κ2) is 5.92. The maximum atomic E-state index is 13.2. The number of H-pyrrole nitrogens is 1. The van der Waals surface area contributed by atoms with E-state index < -0.39 is 17.4 Å². The summed E-state index contributed by atoms with van der Waals surface area (Å²) in [4.78, 5) is 29.9. The van der Waals surface area contributed by atoms with Crippen molar-refractivity contribution >= 4 is 11.8 Å². The Hall–Kier alpha value is -2.15. The molecule has 2 bridgehead atoms. The van der Waals surface area contributed by atoms with E-state index in [1.165, 1.54) is 0 Å². The molecular weight excluding hydrogens is 344 g/mol. The molecule has 0 unspecified atom stereocenters. The predicted molar refractivity (Wildman–Crippen MR) is 99.6 cm³/mol. The second-order valence-electron chi connectivity index (χ2n) is 9.39. The lowest BCUT2D eigenvalue weighted by Gasteiger charge is -2.29. The Morgan fingerprint density at radius 3 is 2.85 bits per heavy atom. The topological polar surface area (TPSA) is 78.5 Å². The summed E-state index contributed by atoms with van der Waals surface area (Å²) in [6.45, 7) is 9.88. The van der Waals surface area contributed by atoms with Crippen LogP contribution in [0.4, 0.5) is 0 Å². The number of aromatic amines is 1. The summed E-state index contributed by atoms with van der Waals surface area (Å²) in [5, 5.41) is 7.10. The third-order valence-corrected chi connectivity index (χ3v) is 5.66. The molecule has 2 amide bonds. The first kappa shape index (κ1) is 18.2. The number of nitrogens with zero attached hydrogens (tertiary/aromatic N) is 3. The molecule has 0 aromatic carbocycles. The lowest BCUT2D eigenvalue weighted by Crippen LogP contribution is -2.45. The molecule has 7 heteroatoms. The third kappa shape index (κ3) is 2.98. The molecule has 0 radical (unpaired) electrons. The van der Waals surface area contributed by atoms with Gasteiger partial charge >= 0.3 is 0 Å². The molecule has 2 fully saturated rings. The molecule has 1 N–H and O–H groups in total. The van der Waals surface area contributed by atoms with Gasteiger partial charge in [-0.05, 0) is 18.4 Å². The molecule has 3 aliphatic rings. The normalized spacial score (nSPS) is 31.7. The summed E-state index contributed by atoms with van der Waals surface area (Å²) in [6, 6.07) is 1.92. The number of amides is 2. The molecule has 2 saturated heterocycles. The number of fused-ring (bicyclic) bond motifs is 1. The van der Waals surface area contributed by atoms with Gasteiger partial charge in [0.05, 0.1) is 36.7 Å². The molecule has 7 nitrogen and oxygen atoms in total. The number of carbonyl (C=O) groups is 2. The molecule has 3 aliphatic heterocycles. The van der Waals surface area contributed by atoms with Gasteiger partial charge in [-0.2, -0.15) is 5.10 Å². The van der Waals surface area contributed by atoms with E-state index in [0.717, 1.165) is 11.4 Å². The van der Waals surface area contributed by atoms with Gasteiger partial charge in [0.15, 0.2) is 0 Å². The zero-order chi connectivity index (χ0) is 19.6. The standard InChI is InChI=1S/C20H28N4O3/c1-12-8-13(22-21-12)9-23(5)17(25)15-14-6-7-20(27-14)11-24(10-19(2,3)4)18(26)16(15)20/h6-8,14-16H,9-11H2,1-5H3,(H,21,22)/t14-,15-,16+,20-/m0/s1. The maximum absolute atomic E-state index is 13.2. The third-order valence-electron chi connectivity index (χ3n) is 5.66. The van der Waals surface area contributed by atoms with Gasteiger partial charge < -0.3 is 14.5 Å². The van der Waals surface area contributed by atoms with E-state index in [1.54, 1.807) is 11.9 Å². The molecule has 4 rings (SSSR count). The van der Waals surface area contributed by atoms with Gasteiger partial charge in [0, 0.05) is 19.3 Å². The van der Waals surface area contributed by atoms with Gasteiger partial charge in [-0.3, -0.25) is 14.7 Å². The zero-order valence-corrected chi connectivity index (χ0v) is 16.7. The maximum Gasteiger partial charge on any atom is 0.230 e. The van der Waals surface area contributed by atoms with Crippen LogP contribution in [-0.2, 0) is 20.9 Å². The minimum absolute atomic E-state index is 0.000760. The molecule has 1 aromatic rings. The molecule has 1 aromatic heterocycles. The summed E-state index contributed by atoms with van der Waals surface area (Å²) >= 11 is 0. The van der Waals surface area contributed by atoms with Crippen LogP contribution in [0.5, 0.6) is 0 Å². The van der Waals surface area contributed by atoms with Crippen LogP contribution in [0.1, 0.15) is 32.2 Å². The summed E-state index contributed by atoms with van der Waals surface area (Å²) in [6.07, 6.45) is 3.65. The van der Waals surface area contributed by atoms with Gasteiger partial charge in [-0.1, -0.05) is 32.9 Å². The van der Waals surface area contributed by atoms with Gasteiger partial charge in [0.25, 0.3) is 0 Å². The molecule has 146 valence electrons. The second-order valence-corrected chi connectivity index (χ2v) is 9.39. The van der Waals surface area contributed by atoms with E-state index in [9.17, 15) is 9.59 Å². The van der Waals surface area contributed by atoms with Crippen LogP contribution < -0.4 is 0 Å². The highest BCUT2D eigenvalue weighted by Gasteiger charge is 2.67. The van der Waals surface area contributed by atoms with Crippen molar-refractivity contribution in [3.05, 3.63) is 29.6 Å². The largest absolute Gasteiger partial charge is 0.360 e. The highest BCUT2D eigenvalue weighted by molar-refractivity contribution is 5.93. The Morgan fingerprint density at radius 1 is 1.48 bits per heavy atom. The van der Waals surface area contributed by atoms with E-state index in [4.69, 9.17) is 4.74 Å². The molecule has 1 spiro atoms. The van der Waals surface area contributed by atoms with Crippen molar-refractivity contribution in [3.8, 4) is 0 Å². The van der Waals surface area contributed by atoms with Crippen molar-refractivity contribution < 1.29 is 14.3 Å². The van der Waals surface area contributed by atoms with Crippen LogP contribution in [0.15, 0.2) is 18.2 Å². The number of hydrogen-bond acceptors (Lipinski definition) is 4. The quantitative estimate of drug-likeness (QED) is 0.813. The minimum atomic E-state index is -0.642. The number of hydrogen-bond donors (Lipinski definition) is 1. The highest BCUT2D eigenvalue weighted by atomic mass is 16.5. The van der Waals surface area contributed by atoms with Crippen LogP contribution in [0, 0.1) is 24.2 Å². The van der Waals surface area contributed by atoms with Crippen LogP contribution in [0.3, 0.4) is 0 Å². The minimum Gasteiger partial charge on any atom is -0.360 e. The number of likely N-dealkylation sites (tertiary alicyclic amines) is 1. The Balaban J connectivity index is 1.54. The Morgan fingerprint density at radius 2 is 2.22 bits per heavy atom. The van der Waals surface area contributed by atoms with E-state index in [1.807, 2.05) is 30.0 Å². The molecule has 27 heavy (non-hydrogen) atoms.